The summed E-state index contributed by atoms with van der Waals surface area (Å²) in [7, 11) is 0. The molecule has 0 spiro atoms. The largest absolute Gasteiger partial charge is 0.339 e. The van der Waals surface area contributed by atoms with Crippen LogP contribution in [-0.2, 0) is 6.42 Å². The third kappa shape index (κ3) is 4.13. The van der Waals surface area contributed by atoms with E-state index in [0.29, 0.717) is 18.1 Å². The van der Waals surface area contributed by atoms with Gasteiger partial charge in [-0.2, -0.15) is 4.98 Å². The van der Waals surface area contributed by atoms with E-state index in [1.807, 2.05) is 25.1 Å². The van der Waals surface area contributed by atoms with Gasteiger partial charge in [0.1, 0.15) is 5.69 Å². The number of hydrogen-bond donors (Lipinski definition) is 1. The first kappa shape index (κ1) is 14.7. The first-order valence-electron chi connectivity index (χ1n) is 6.86. The Hall–Kier alpha value is -1.75. The summed E-state index contributed by atoms with van der Waals surface area (Å²) < 4.78 is 5.26. The summed E-state index contributed by atoms with van der Waals surface area (Å²) in [6.45, 7) is 8.44. The molecule has 5 heteroatoms. The molecular weight excluding hydrogens is 252 g/mol. The molecule has 0 saturated heterocycles. The van der Waals surface area contributed by atoms with Gasteiger partial charge in [0, 0.05) is 18.2 Å². The molecule has 5 nitrogen and oxygen atoms in total. The number of nitrogens with two attached hydrogens (primary N) is 1. The Bertz CT molecular complexity index is 571. The minimum Gasteiger partial charge on any atom is -0.339 e. The molecule has 2 aromatic heterocycles. The van der Waals surface area contributed by atoms with Crippen LogP contribution in [-0.4, -0.2) is 21.2 Å². The van der Waals surface area contributed by atoms with Crippen molar-refractivity contribution in [2.75, 3.05) is 0 Å². The molecule has 0 bridgehead atoms. The van der Waals surface area contributed by atoms with Crippen LogP contribution in [0.5, 0.6) is 0 Å². The second-order valence-corrected chi connectivity index (χ2v) is 6.40. The van der Waals surface area contributed by atoms with Crippen LogP contribution < -0.4 is 5.73 Å². The molecular formula is C15H22N4O. The standard InChI is InChI=1S/C15H22N4O/c1-10-6-5-7-12(17-10)14-18-13(20-19-14)8-11(16)9-15(2,3)4/h5-7,11H,8-9,16H2,1-4H3. The lowest BCUT2D eigenvalue weighted by atomic mass is 9.87. The van der Waals surface area contributed by atoms with Crippen molar-refractivity contribution < 1.29 is 4.52 Å². The van der Waals surface area contributed by atoms with E-state index in [1.54, 1.807) is 0 Å². The van der Waals surface area contributed by atoms with Crippen LogP contribution in [0.4, 0.5) is 0 Å². The molecule has 2 rings (SSSR count). The van der Waals surface area contributed by atoms with E-state index in [9.17, 15) is 0 Å². The highest BCUT2D eigenvalue weighted by atomic mass is 16.5. The molecule has 0 amide bonds. The molecule has 0 fully saturated rings. The third-order valence-electron chi connectivity index (χ3n) is 2.90. The molecule has 20 heavy (non-hydrogen) atoms. The van der Waals surface area contributed by atoms with Crippen LogP contribution in [0.15, 0.2) is 22.7 Å². The number of hydrogen-bond acceptors (Lipinski definition) is 5. The Morgan fingerprint density at radius 2 is 2.00 bits per heavy atom. The van der Waals surface area contributed by atoms with E-state index in [-0.39, 0.29) is 11.5 Å². The van der Waals surface area contributed by atoms with E-state index < -0.39 is 0 Å². The van der Waals surface area contributed by atoms with Crippen molar-refractivity contribution in [3.63, 3.8) is 0 Å². The Morgan fingerprint density at radius 1 is 1.25 bits per heavy atom. The second-order valence-electron chi connectivity index (χ2n) is 6.40. The van der Waals surface area contributed by atoms with Crippen LogP contribution in [0.1, 0.15) is 38.8 Å². The van der Waals surface area contributed by atoms with Gasteiger partial charge < -0.3 is 10.3 Å². The van der Waals surface area contributed by atoms with Crippen molar-refractivity contribution in [2.24, 2.45) is 11.1 Å². The topological polar surface area (TPSA) is 77.8 Å². The van der Waals surface area contributed by atoms with Gasteiger partial charge in [0.05, 0.1) is 0 Å². The van der Waals surface area contributed by atoms with Crippen LogP contribution in [0, 0.1) is 12.3 Å². The van der Waals surface area contributed by atoms with Crippen LogP contribution in [0.2, 0.25) is 0 Å². The molecule has 0 saturated carbocycles. The average molecular weight is 274 g/mol. The maximum absolute atomic E-state index is 6.12. The molecule has 108 valence electrons. The predicted molar refractivity (Wildman–Crippen MR) is 78.0 cm³/mol. The molecule has 0 aliphatic heterocycles. The summed E-state index contributed by atoms with van der Waals surface area (Å²) >= 11 is 0. The monoisotopic (exact) mass is 274 g/mol. The third-order valence-corrected chi connectivity index (χ3v) is 2.90. The summed E-state index contributed by atoms with van der Waals surface area (Å²) in [4.78, 5) is 8.75. The van der Waals surface area contributed by atoms with Crippen LogP contribution >= 0.6 is 0 Å². The lowest BCUT2D eigenvalue weighted by molar-refractivity contribution is 0.313. The van der Waals surface area contributed by atoms with E-state index in [0.717, 1.165) is 17.8 Å². The molecule has 2 heterocycles. The number of pyridine rings is 1. The van der Waals surface area contributed by atoms with Gasteiger partial charge in [-0.05, 0) is 30.9 Å². The van der Waals surface area contributed by atoms with Crippen molar-refractivity contribution >= 4 is 0 Å². The molecule has 1 unspecified atom stereocenters. The highest BCUT2D eigenvalue weighted by Gasteiger charge is 2.19. The van der Waals surface area contributed by atoms with Crippen molar-refractivity contribution in [1.29, 1.82) is 0 Å². The first-order valence-corrected chi connectivity index (χ1v) is 6.86. The first-order chi connectivity index (χ1) is 9.33. The minimum atomic E-state index is 0.0220. The van der Waals surface area contributed by atoms with Gasteiger partial charge in [0.25, 0.3) is 0 Å². The summed E-state index contributed by atoms with van der Waals surface area (Å²) in [5, 5.41) is 3.97. The van der Waals surface area contributed by atoms with Crippen molar-refractivity contribution in [3.05, 3.63) is 29.8 Å². The number of aromatic nitrogens is 3. The van der Waals surface area contributed by atoms with Gasteiger partial charge in [-0.1, -0.05) is 32.0 Å². The van der Waals surface area contributed by atoms with E-state index in [4.69, 9.17) is 10.3 Å². The maximum Gasteiger partial charge on any atom is 0.228 e. The van der Waals surface area contributed by atoms with Gasteiger partial charge >= 0.3 is 0 Å². The molecule has 2 aromatic rings. The van der Waals surface area contributed by atoms with Crippen molar-refractivity contribution in [3.8, 4) is 11.5 Å². The maximum atomic E-state index is 6.12. The van der Waals surface area contributed by atoms with Gasteiger partial charge in [0.2, 0.25) is 11.7 Å². The zero-order valence-electron chi connectivity index (χ0n) is 12.6. The second kappa shape index (κ2) is 5.71. The van der Waals surface area contributed by atoms with Crippen molar-refractivity contribution in [2.45, 2.75) is 46.6 Å². The van der Waals surface area contributed by atoms with Gasteiger partial charge in [-0.25, -0.2) is 4.98 Å². The quantitative estimate of drug-likeness (QED) is 0.927. The fourth-order valence-electron chi connectivity index (χ4n) is 2.19. The Kier molecular flexibility index (Phi) is 4.18. The molecule has 0 aliphatic carbocycles. The number of nitrogens with zero attached hydrogens (tertiary/aromatic N) is 3. The summed E-state index contributed by atoms with van der Waals surface area (Å²) in [6.07, 6.45) is 1.50. The predicted octanol–water partition coefficient (Wildman–Crippen LogP) is 2.75. The zero-order valence-corrected chi connectivity index (χ0v) is 12.6. The number of rotatable bonds is 4. The van der Waals surface area contributed by atoms with Gasteiger partial charge in [-0.3, -0.25) is 0 Å². The molecule has 0 aliphatic rings. The summed E-state index contributed by atoms with van der Waals surface area (Å²) in [5.41, 5.74) is 7.97. The fourth-order valence-corrected chi connectivity index (χ4v) is 2.19. The minimum absolute atomic E-state index is 0.0220. The highest BCUT2D eigenvalue weighted by Crippen LogP contribution is 2.22. The lowest BCUT2D eigenvalue weighted by Gasteiger charge is -2.21. The smallest absolute Gasteiger partial charge is 0.228 e. The molecule has 0 radical (unpaired) electrons. The van der Waals surface area contributed by atoms with E-state index in [1.165, 1.54) is 0 Å². The normalized spacial score (nSPS) is 13.4. The summed E-state index contributed by atoms with van der Waals surface area (Å²) in [5.74, 6) is 1.09. The average Bonchev–Trinajstić information content (AvgIpc) is 2.74. The van der Waals surface area contributed by atoms with Crippen molar-refractivity contribution in [1.82, 2.24) is 15.1 Å². The van der Waals surface area contributed by atoms with E-state index >= 15 is 0 Å². The van der Waals surface area contributed by atoms with Gasteiger partial charge in [0.15, 0.2) is 0 Å². The Labute approximate surface area is 119 Å². The summed E-state index contributed by atoms with van der Waals surface area (Å²) in [6, 6.07) is 5.76. The molecule has 2 N–H and O–H groups in total. The molecule has 0 aromatic carbocycles. The zero-order chi connectivity index (χ0) is 14.8. The van der Waals surface area contributed by atoms with E-state index in [2.05, 4.69) is 35.9 Å². The molecule has 1 atom stereocenters. The fraction of sp³-hybridized carbons (Fsp3) is 0.533. The lowest BCUT2D eigenvalue weighted by Crippen LogP contribution is -2.28. The van der Waals surface area contributed by atoms with Crippen LogP contribution in [0.25, 0.3) is 11.5 Å². The Morgan fingerprint density at radius 3 is 2.65 bits per heavy atom. The SMILES string of the molecule is Cc1cccc(-c2noc(CC(N)CC(C)(C)C)n2)n1. The number of aryl methyl sites for hydroxylation is 1. The Balaban J connectivity index is 2.06. The van der Waals surface area contributed by atoms with Crippen LogP contribution in [0.3, 0.4) is 0 Å². The highest BCUT2D eigenvalue weighted by molar-refractivity contribution is 5.47. The van der Waals surface area contributed by atoms with Gasteiger partial charge in [-0.15, -0.1) is 0 Å².